The van der Waals surface area contributed by atoms with Crippen molar-refractivity contribution in [3.8, 4) is 5.75 Å². The number of nitrogens with zero attached hydrogens (tertiary/aromatic N) is 2. The quantitative estimate of drug-likeness (QED) is 0.865. The maximum absolute atomic E-state index is 13.4. The number of hydrogen-bond acceptors (Lipinski definition) is 4. The first kappa shape index (κ1) is 15.5. The summed E-state index contributed by atoms with van der Waals surface area (Å²) in [6.07, 6.45) is 2.27. The molecule has 1 aliphatic heterocycles. The second-order valence-corrected chi connectivity index (χ2v) is 6.27. The van der Waals surface area contributed by atoms with E-state index in [1.54, 1.807) is 4.90 Å². The molecule has 0 aromatic carbocycles. The summed E-state index contributed by atoms with van der Waals surface area (Å²) in [5.41, 5.74) is -0.144. The van der Waals surface area contributed by atoms with E-state index in [1.165, 1.54) is 6.20 Å². The SMILES string of the molecule is CC(C)(C)OC(=O)N1CCC(c2nccc(F)c2O)CC1. The van der Waals surface area contributed by atoms with Crippen molar-refractivity contribution in [3.05, 3.63) is 23.8 Å². The molecule has 1 fully saturated rings. The van der Waals surface area contributed by atoms with Gasteiger partial charge in [0.1, 0.15) is 5.60 Å². The lowest BCUT2D eigenvalue weighted by Gasteiger charge is -2.33. The molecule has 5 nitrogen and oxygen atoms in total. The normalized spacial score (nSPS) is 16.9. The van der Waals surface area contributed by atoms with E-state index in [0.29, 0.717) is 31.6 Å². The Bertz CT molecular complexity index is 520. The van der Waals surface area contributed by atoms with Crippen LogP contribution in [0.15, 0.2) is 12.3 Å². The lowest BCUT2D eigenvalue weighted by molar-refractivity contribution is 0.0203. The number of aromatic hydroxyl groups is 1. The Labute approximate surface area is 123 Å². The van der Waals surface area contributed by atoms with Gasteiger partial charge in [-0.1, -0.05) is 0 Å². The third-order valence-electron chi connectivity index (χ3n) is 3.44. The van der Waals surface area contributed by atoms with E-state index in [2.05, 4.69) is 4.98 Å². The van der Waals surface area contributed by atoms with Crippen LogP contribution in [0.2, 0.25) is 0 Å². The number of hydrogen-bond donors (Lipinski definition) is 1. The van der Waals surface area contributed by atoms with Gasteiger partial charge in [-0.15, -0.1) is 0 Å². The van der Waals surface area contributed by atoms with Crippen LogP contribution in [-0.4, -0.2) is 39.8 Å². The van der Waals surface area contributed by atoms with Gasteiger partial charge in [-0.2, -0.15) is 0 Å². The summed E-state index contributed by atoms with van der Waals surface area (Å²) < 4.78 is 18.7. The first-order valence-corrected chi connectivity index (χ1v) is 7.09. The predicted molar refractivity (Wildman–Crippen MR) is 75.6 cm³/mol. The van der Waals surface area contributed by atoms with E-state index in [9.17, 15) is 14.3 Å². The molecule has 21 heavy (non-hydrogen) atoms. The van der Waals surface area contributed by atoms with Crippen LogP contribution in [0.1, 0.15) is 45.2 Å². The van der Waals surface area contributed by atoms with Gasteiger partial charge in [0.05, 0.1) is 5.69 Å². The van der Waals surface area contributed by atoms with Crippen molar-refractivity contribution in [2.75, 3.05) is 13.1 Å². The van der Waals surface area contributed by atoms with Gasteiger partial charge in [-0.25, -0.2) is 9.18 Å². The van der Waals surface area contributed by atoms with Crippen LogP contribution in [0.3, 0.4) is 0 Å². The van der Waals surface area contributed by atoms with Crippen molar-refractivity contribution in [2.45, 2.75) is 45.1 Å². The topological polar surface area (TPSA) is 62.7 Å². The van der Waals surface area contributed by atoms with Gasteiger partial charge in [0.25, 0.3) is 0 Å². The highest BCUT2D eigenvalue weighted by Gasteiger charge is 2.29. The molecule has 0 saturated carbocycles. The van der Waals surface area contributed by atoms with Gasteiger partial charge in [0.2, 0.25) is 0 Å². The third-order valence-corrected chi connectivity index (χ3v) is 3.44. The fourth-order valence-electron chi connectivity index (χ4n) is 2.41. The maximum Gasteiger partial charge on any atom is 0.410 e. The molecule has 2 heterocycles. The molecule has 0 bridgehead atoms. The zero-order valence-electron chi connectivity index (χ0n) is 12.6. The number of rotatable bonds is 1. The first-order chi connectivity index (χ1) is 9.78. The monoisotopic (exact) mass is 296 g/mol. The Morgan fingerprint density at radius 2 is 2.05 bits per heavy atom. The van der Waals surface area contributed by atoms with Crippen molar-refractivity contribution in [1.29, 1.82) is 0 Å². The Hall–Kier alpha value is -1.85. The van der Waals surface area contributed by atoms with Crippen molar-refractivity contribution < 1.29 is 19.0 Å². The third kappa shape index (κ3) is 3.83. The number of pyridine rings is 1. The van der Waals surface area contributed by atoms with Gasteiger partial charge in [-0.3, -0.25) is 4.98 Å². The number of aromatic nitrogens is 1. The van der Waals surface area contributed by atoms with E-state index in [-0.39, 0.29) is 17.8 Å². The molecule has 0 radical (unpaired) electrons. The lowest BCUT2D eigenvalue weighted by atomic mass is 9.92. The van der Waals surface area contributed by atoms with Gasteiger partial charge in [0.15, 0.2) is 11.6 Å². The van der Waals surface area contributed by atoms with Crippen molar-refractivity contribution >= 4 is 6.09 Å². The maximum atomic E-state index is 13.4. The minimum Gasteiger partial charge on any atom is -0.504 e. The van der Waals surface area contributed by atoms with Crippen LogP contribution < -0.4 is 0 Å². The summed E-state index contributed by atoms with van der Waals surface area (Å²) in [7, 11) is 0. The van der Waals surface area contributed by atoms with Gasteiger partial charge >= 0.3 is 6.09 Å². The lowest BCUT2D eigenvalue weighted by Crippen LogP contribution is -2.41. The molecule has 0 atom stereocenters. The number of carbonyl (C=O) groups excluding carboxylic acids is 1. The Morgan fingerprint density at radius 1 is 1.43 bits per heavy atom. The van der Waals surface area contributed by atoms with Crippen LogP contribution in [0.25, 0.3) is 0 Å². The van der Waals surface area contributed by atoms with Crippen molar-refractivity contribution in [1.82, 2.24) is 9.88 Å². The van der Waals surface area contributed by atoms with Gasteiger partial charge in [-0.05, 0) is 39.7 Å². The van der Waals surface area contributed by atoms with Crippen LogP contribution in [0.5, 0.6) is 5.75 Å². The Balaban J connectivity index is 1.97. The summed E-state index contributed by atoms with van der Waals surface area (Å²) in [4.78, 5) is 17.7. The average Bonchev–Trinajstić information content (AvgIpc) is 2.40. The van der Waals surface area contributed by atoms with Crippen LogP contribution >= 0.6 is 0 Å². The van der Waals surface area contributed by atoms with E-state index in [0.717, 1.165) is 6.07 Å². The number of carbonyl (C=O) groups is 1. The minimum atomic E-state index is -0.658. The van der Waals surface area contributed by atoms with E-state index in [1.807, 2.05) is 20.8 Å². The molecular formula is C15H21FN2O3. The summed E-state index contributed by atoms with van der Waals surface area (Å²) >= 11 is 0. The molecule has 2 rings (SSSR count). The highest BCUT2D eigenvalue weighted by atomic mass is 19.1. The molecule has 1 N–H and O–H groups in total. The number of amides is 1. The summed E-state index contributed by atoms with van der Waals surface area (Å²) in [5, 5.41) is 9.73. The summed E-state index contributed by atoms with van der Waals surface area (Å²) in [5.74, 6) is -1.08. The molecule has 116 valence electrons. The van der Waals surface area contributed by atoms with E-state index < -0.39 is 11.4 Å². The van der Waals surface area contributed by atoms with Gasteiger partial charge < -0.3 is 14.7 Å². The van der Waals surface area contributed by atoms with Crippen LogP contribution in [-0.2, 0) is 4.74 Å². The molecule has 0 spiro atoms. The number of piperidine rings is 1. The second kappa shape index (κ2) is 5.87. The van der Waals surface area contributed by atoms with Crippen LogP contribution in [0, 0.1) is 5.82 Å². The molecule has 1 aromatic heterocycles. The van der Waals surface area contributed by atoms with Crippen molar-refractivity contribution in [2.24, 2.45) is 0 Å². The average molecular weight is 296 g/mol. The fourth-order valence-corrected chi connectivity index (χ4v) is 2.41. The predicted octanol–water partition coefficient (Wildman–Crippen LogP) is 3.04. The molecule has 6 heteroatoms. The minimum absolute atomic E-state index is 0.0422. The molecule has 1 aromatic rings. The number of likely N-dealkylation sites (tertiary alicyclic amines) is 1. The Kier molecular flexibility index (Phi) is 4.34. The molecule has 1 aliphatic rings. The summed E-state index contributed by atoms with van der Waals surface area (Å²) in [6.45, 7) is 6.50. The molecule has 0 unspecified atom stereocenters. The fraction of sp³-hybridized carbons (Fsp3) is 0.600. The molecule has 1 amide bonds. The summed E-state index contributed by atoms with van der Waals surface area (Å²) in [6, 6.07) is 1.13. The molecule has 1 saturated heterocycles. The molecule has 0 aliphatic carbocycles. The zero-order chi connectivity index (χ0) is 15.6. The highest BCUT2D eigenvalue weighted by Crippen LogP contribution is 2.33. The number of halogens is 1. The highest BCUT2D eigenvalue weighted by molar-refractivity contribution is 5.68. The van der Waals surface area contributed by atoms with E-state index in [4.69, 9.17) is 4.74 Å². The largest absolute Gasteiger partial charge is 0.504 e. The smallest absolute Gasteiger partial charge is 0.410 e. The number of ether oxygens (including phenoxy) is 1. The van der Waals surface area contributed by atoms with Crippen molar-refractivity contribution in [3.63, 3.8) is 0 Å². The first-order valence-electron chi connectivity index (χ1n) is 7.09. The van der Waals surface area contributed by atoms with E-state index >= 15 is 0 Å². The Morgan fingerprint density at radius 3 is 2.62 bits per heavy atom. The second-order valence-electron chi connectivity index (χ2n) is 6.27. The standard InChI is InChI=1S/C15H21FN2O3/c1-15(2,3)21-14(20)18-8-5-10(6-9-18)12-13(19)11(16)4-7-17-12/h4,7,10,19H,5-6,8-9H2,1-3H3. The van der Waals surface area contributed by atoms with Crippen LogP contribution in [0.4, 0.5) is 9.18 Å². The van der Waals surface area contributed by atoms with Gasteiger partial charge in [0, 0.05) is 25.2 Å². The zero-order valence-corrected chi connectivity index (χ0v) is 12.6. The molecular weight excluding hydrogens is 275 g/mol.